The number of halogens is 1. The Morgan fingerprint density at radius 1 is 1.00 bits per heavy atom. The van der Waals surface area contributed by atoms with Gasteiger partial charge in [-0.15, -0.1) is 0 Å². The third-order valence-corrected chi connectivity index (χ3v) is 4.26. The number of rotatable bonds is 8. The summed E-state index contributed by atoms with van der Waals surface area (Å²) in [5.41, 5.74) is 1.24. The zero-order chi connectivity index (χ0) is 20.5. The molecule has 1 amide bonds. The summed E-state index contributed by atoms with van der Waals surface area (Å²) in [5, 5.41) is 2.66. The van der Waals surface area contributed by atoms with Gasteiger partial charge in [0.2, 0.25) is 0 Å². The van der Waals surface area contributed by atoms with Crippen LogP contribution < -0.4 is 19.5 Å². The predicted molar refractivity (Wildman–Crippen MR) is 114 cm³/mol. The predicted octanol–water partition coefficient (Wildman–Crippen LogP) is 3.51. The lowest BCUT2D eigenvalue weighted by molar-refractivity contribution is -0.142. The fourth-order valence-corrected chi connectivity index (χ4v) is 2.83. The van der Waals surface area contributed by atoms with E-state index >= 15 is 0 Å². The fraction of sp³-hybridized carbons (Fsp3) is 0.200. The molecule has 0 aliphatic carbocycles. The highest BCUT2D eigenvalue weighted by molar-refractivity contribution is 14.1. The zero-order valence-electron chi connectivity index (χ0n) is 15.7. The van der Waals surface area contributed by atoms with Gasteiger partial charge in [-0.25, -0.2) is 4.79 Å². The minimum Gasteiger partial charge on any atom is -0.496 e. The van der Waals surface area contributed by atoms with Gasteiger partial charge in [0.1, 0.15) is 5.75 Å². The number of amides is 1. The molecule has 2 rings (SSSR count). The summed E-state index contributed by atoms with van der Waals surface area (Å²) in [6.45, 7) is -0.391. The lowest BCUT2D eigenvalue weighted by atomic mass is 10.1. The maximum absolute atomic E-state index is 11.9. The first-order valence-corrected chi connectivity index (χ1v) is 9.25. The van der Waals surface area contributed by atoms with Gasteiger partial charge in [0.05, 0.1) is 21.3 Å². The van der Waals surface area contributed by atoms with E-state index in [0.717, 1.165) is 3.57 Å². The topological polar surface area (TPSA) is 83.1 Å². The quantitative estimate of drug-likeness (QED) is 0.342. The van der Waals surface area contributed by atoms with Gasteiger partial charge in [-0.05, 0) is 52.9 Å². The Morgan fingerprint density at radius 3 is 2.32 bits per heavy atom. The number of esters is 1. The van der Waals surface area contributed by atoms with Crippen LogP contribution in [-0.4, -0.2) is 39.8 Å². The van der Waals surface area contributed by atoms with Crippen LogP contribution in [0.25, 0.3) is 6.08 Å². The van der Waals surface area contributed by atoms with Gasteiger partial charge in [0, 0.05) is 27.0 Å². The van der Waals surface area contributed by atoms with E-state index in [1.807, 2.05) is 18.2 Å². The lowest BCUT2D eigenvalue weighted by Gasteiger charge is -2.12. The minimum atomic E-state index is -0.658. The molecule has 7 nitrogen and oxygen atoms in total. The smallest absolute Gasteiger partial charge is 0.331 e. The van der Waals surface area contributed by atoms with Crippen molar-refractivity contribution in [1.82, 2.24) is 0 Å². The monoisotopic (exact) mass is 497 g/mol. The zero-order valence-corrected chi connectivity index (χ0v) is 17.8. The highest BCUT2D eigenvalue weighted by Crippen LogP contribution is 2.35. The lowest BCUT2D eigenvalue weighted by Crippen LogP contribution is -2.20. The van der Waals surface area contributed by atoms with Gasteiger partial charge in [-0.1, -0.05) is 6.07 Å². The Morgan fingerprint density at radius 2 is 1.68 bits per heavy atom. The van der Waals surface area contributed by atoms with Crippen LogP contribution in [0.15, 0.2) is 42.5 Å². The molecular weight excluding hydrogens is 477 g/mol. The molecule has 0 unspecified atom stereocenters. The number of benzene rings is 2. The van der Waals surface area contributed by atoms with E-state index in [4.69, 9.17) is 18.9 Å². The second kappa shape index (κ2) is 10.5. The van der Waals surface area contributed by atoms with Crippen molar-refractivity contribution in [2.45, 2.75) is 0 Å². The third kappa shape index (κ3) is 6.15. The highest BCUT2D eigenvalue weighted by atomic mass is 127. The Hall–Kier alpha value is -2.75. The molecule has 0 saturated carbocycles. The fourth-order valence-electron chi connectivity index (χ4n) is 2.29. The van der Waals surface area contributed by atoms with Crippen LogP contribution in [-0.2, 0) is 14.3 Å². The second-order valence-corrected chi connectivity index (χ2v) is 6.69. The van der Waals surface area contributed by atoms with E-state index in [2.05, 4.69) is 27.9 Å². The number of carbonyl (C=O) groups excluding carboxylic acids is 2. The Bertz CT molecular complexity index is 881. The Kier molecular flexibility index (Phi) is 8.12. The summed E-state index contributed by atoms with van der Waals surface area (Å²) in [7, 11) is 4.54. The summed E-state index contributed by atoms with van der Waals surface area (Å²) in [4.78, 5) is 23.8. The van der Waals surface area contributed by atoms with Crippen LogP contribution in [0.2, 0.25) is 0 Å². The number of carbonyl (C=O) groups is 2. The van der Waals surface area contributed by atoms with Crippen LogP contribution in [0.4, 0.5) is 5.69 Å². The first kappa shape index (κ1) is 21.5. The molecule has 0 aliphatic rings. The van der Waals surface area contributed by atoms with Gasteiger partial charge >= 0.3 is 5.97 Å². The molecule has 1 N–H and O–H groups in total. The molecule has 28 heavy (non-hydrogen) atoms. The molecule has 0 spiro atoms. The van der Waals surface area contributed by atoms with E-state index in [9.17, 15) is 9.59 Å². The van der Waals surface area contributed by atoms with Crippen LogP contribution in [0.3, 0.4) is 0 Å². The first-order valence-electron chi connectivity index (χ1n) is 8.17. The summed E-state index contributed by atoms with van der Waals surface area (Å²) in [5.74, 6) is 0.416. The molecule has 0 radical (unpaired) electrons. The van der Waals surface area contributed by atoms with Gasteiger partial charge in [-0.3, -0.25) is 4.79 Å². The molecule has 0 fully saturated rings. The van der Waals surface area contributed by atoms with Crippen molar-refractivity contribution in [3.8, 4) is 17.2 Å². The molecule has 2 aromatic rings. The Labute approximate surface area is 176 Å². The van der Waals surface area contributed by atoms with Crippen LogP contribution in [0.1, 0.15) is 5.56 Å². The van der Waals surface area contributed by atoms with Crippen LogP contribution >= 0.6 is 22.6 Å². The van der Waals surface area contributed by atoms with E-state index in [-0.39, 0.29) is 0 Å². The SMILES string of the molecule is COc1cc(OC)c(OC)cc1/C=C/C(=O)OCC(=O)Nc1cccc(I)c1. The second-order valence-electron chi connectivity index (χ2n) is 5.45. The van der Waals surface area contributed by atoms with Crippen molar-refractivity contribution in [2.24, 2.45) is 0 Å². The minimum absolute atomic E-state index is 0.391. The third-order valence-electron chi connectivity index (χ3n) is 3.59. The van der Waals surface area contributed by atoms with Gasteiger partial charge in [0.25, 0.3) is 5.91 Å². The summed E-state index contributed by atoms with van der Waals surface area (Å²) >= 11 is 2.14. The molecule has 8 heteroatoms. The highest BCUT2D eigenvalue weighted by Gasteiger charge is 2.11. The van der Waals surface area contributed by atoms with Crippen molar-refractivity contribution >= 4 is 46.2 Å². The molecule has 0 bridgehead atoms. The number of hydrogen-bond donors (Lipinski definition) is 1. The largest absolute Gasteiger partial charge is 0.496 e. The molecule has 148 valence electrons. The van der Waals surface area contributed by atoms with Crippen molar-refractivity contribution in [3.63, 3.8) is 0 Å². The molecule has 0 aromatic heterocycles. The summed E-state index contributed by atoms with van der Waals surface area (Å²) in [6, 6.07) is 10.6. The van der Waals surface area contributed by atoms with Crippen molar-refractivity contribution in [2.75, 3.05) is 33.3 Å². The molecule has 2 aromatic carbocycles. The number of nitrogens with one attached hydrogen (secondary N) is 1. The maximum atomic E-state index is 11.9. The Balaban J connectivity index is 1.97. The van der Waals surface area contributed by atoms with Crippen LogP contribution in [0, 0.1) is 3.57 Å². The van der Waals surface area contributed by atoms with Gasteiger partial charge in [-0.2, -0.15) is 0 Å². The number of ether oxygens (including phenoxy) is 4. The average Bonchev–Trinajstić information content (AvgIpc) is 2.69. The maximum Gasteiger partial charge on any atom is 0.331 e. The number of anilines is 1. The van der Waals surface area contributed by atoms with E-state index in [0.29, 0.717) is 28.5 Å². The van der Waals surface area contributed by atoms with Crippen LogP contribution in [0.5, 0.6) is 17.2 Å². The standard InChI is InChI=1S/C20H20INO6/c1-25-16-11-18(27-3)17(26-2)9-13(16)7-8-20(24)28-12-19(23)22-15-6-4-5-14(21)10-15/h4-11H,12H2,1-3H3,(H,22,23)/b8-7+. The normalized spacial score (nSPS) is 10.4. The molecule has 0 aliphatic heterocycles. The number of methoxy groups -OCH3 is 3. The van der Waals surface area contributed by atoms with Gasteiger partial charge in [0.15, 0.2) is 18.1 Å². The molecular formula is C20H20INO6. The summed E-state index contributed by atoms with van der Waals surface area (Å²) < 4.78 is 21.7. The van der Waals surface area contributed by atoms with Crippen molar-refractivity contribution < 1.29 is 28.5 Å². The first-order chi connectivity index (χ1) is 13.5. The molecule has 0 heterocycles. The van der Waals surface area contributed by atoms with E-state index in [1.165, 1.54) is 33.5 Å². The van der Waals surface area contributed by atoms with Crippen molar-refractivity contribution in [3.05, 3.63) is 51.6 Å². The molecule has 0 atom stereocenters. The summed E-state index contributed by atoms with van der Waals surface area (Å²) in [6.07, 6.45) is 2.73. The number of hydrogen-bond acceptors (Lipinski definition) is 6. The van der Waals surface area contributed by atoms with E-state index in [1.54, 1.807) is 18.2 Å². The average molecular weight is 497 g/mol. The van der Waals surface area contributed by atoms with Crippen molar-refractivity contribution in [1.29, 1.82) is 0 Å². The van der Waals surface area contributed by atoms with Gasteiger partial charge < -0.3 is 24.3 Å². The van der Waals surface area contributed by atoms with E-state index < -0.39 is 18.5 Å². The molecule has 0 saturated heterocycles.